The predicted molar refractivity (Wildman–Crippen MR) is 138 cm³/mol. The summed E-state index contributed by atoms with van der Waals surface area (Å²) >= 11 is 0. The number of allylic oxidation sites excluding steroid dienone is 3. The summed E-state index contributed by atoms with van der Waals surface area (Å²) in [6, 6.07) is 5.82. The van der Waals surface area contributed by atoms with Crippen LogP contribution in [0.15, 0.2) is 48.1 Å². The van der Waals surface area contributed by atoms with E-state index in [0.29, 0.717) is 25.7 Å². The second-order valence-electron chi connectivity index (χ2n) is 10.0. The van der Waals surface area contributed by atoms with E-state index in [1.54, 1.807) is 0 Å². The number of carbonyl (C=O) groups excluding carboxylic acids is 4. The van der Waals surface area contributed by atoms with Crippen LogP contribution in [0.4, 0.5) is 0 Å². The van der Waals surface area contributed by atoms with Gasteiger partial charge in [0.25, 0.3) is 0 Å². The number of hydrogen-bond acceptors (Lipinski definition) is 8. The second kappa shape index (κ2) is 11.8. The number of benzene rings is 1. The lowest BCUT2D eigenvalue weighted by molar-refractivity contribution is -0.161. The molecule has 8 nitrogen and oxygen atoms in total. The summed E-state index contributed by atoms with van der Waals surface area (Å²) in [6.07, 6.45) is 11.1. The Hall–Kier alpha value is -3.68. The standard InChI is InChI=1S/C30H34O8/c1-17(31)35-27-11-13-29(37-19(3)33)25-15-21(7-9-23(25)27)5-6-22-8-10-24-26(16-22)30(38-20(4)34)14-12-28(24)36-18(2)32/h5-10,15-16,23,25,27-30H,11-14H2,1-4H3. The maximum atomic E-state index is 11.7. The van der Waals surface area contributed by atoms with E-state index < -0.39 is 6.10 Å². The van der Waals surface area contributed by atoms with Crippen LogP contribution in [0, 0.1) is 11.8 Å². The fourth-order valence-corrected chi connectivity index (χ4v) is 5.71. The zero-order valence-electron chi connectivity index (χ0n) is 22.2. The third-order valence-electron chi connectivity index (χ3n) is 7.15. The monoisotopic (exact) mass is 522 g/mol. The lowest BCUT2D eigenvalue weighted by atomic mass is 9.72. The minimum atomic E-state index is -0.401. The molecule has 6 unspecified atom stereocenters. The van der Waals surface area contributed by atoms with Gasteiger partial charge in [0.05, 0.1) is 0 Å². The van der Waals surface area contributed by atoms with Crippen molar-refractivity contribution in [2.75, 3.05) is 0 Å². The highest BCUT2D eigenvalue weighted by atomic mass is 16.6. The normalized spacial score (nSPS) is 27.9. The summed E-state index contributed by atoms with van der Waals surface area (Å²) < 4.78 is 22.2. The quantitative estimate of drug-likeness (QED) is 0.376. The molecule has 3 aliphatic rings. The van der Waals surface area contributed by atoms with E-state index in [9.17, 15) is 19.2 Å². The van der Waals surface area contributed by atoms with Crippen LogP contribution >= 0.6 is 0 Å². The zero-order chi connectivity index (χ0) is 27.4. The Bertz CT molecular complexity index is 1190. The summed E-state index contributed by atoms with van der Waals surface area (Å²) in [5.41, 5.74) is 3.52. The van der Waals surface area contributed by atoms with E-state index in [2.05, 4.69) is 6.08 Å². The van der Waals surface area contributed by atoms with Crippen molar-refractivity contribution < 1.29 is 38.1 Å². The Kier molecular flexibility index (Phi) is 8.49. The van der Waals surface area contributed by atoms with E-state index in [0.717, 1.165) is 22.3 Å². The van der Waals surface area contributed by atoms with E-state index in [1.807, 2.05) is 42.5 Å². The van der Waals surface area contributed by atoms with Crippen molar-refractivity contribution >= 4 is 30.0 Å². The highest BCUT2D eigenvalue weighted by Gasteiger charge is 2.41. The maximum absolute atomic E-state index is 11.7. The molecule has 4 rings (SSSR count). The first-order valence-electron chi connectivity index (χ1n) is 13.0. The summed E-state index contributed by atoms with van der Waals surface area (Å²) in [4.78, 5) is 46.6. The molecule has 0 saturated heterocycles. The largest absolute Gasteiger partial charge is 0.462 e. The van der Waals surface area contributed by atoms with E-state index in [4.69, 9.17) is 18.9 Å². The third kappa shape index (κ3) is 6.60. The molecule has 1 fully saturated rings. The zero-order valence-corrected chi connectivity index (χ0v) is 22.2. The van der Waals surface area contributed by atoms with Gasteiger partial charge in [0.1, 0.15) is 24.4 Å². The van der Waals surface area contributed by atoms with Gasteiger partial charge in [-0.2, -0.15) is 0 Å². The van der Waals surface area contributed by atoms with Crippen LogP contribution in [0.3, 0.4) is 0 Å². The summed E-state index contributed by atoms with van der Waals surface area (Å²) in [5.74, 6) is -1.54. The third-order valence-corrected chi connectivity index (χ3v) is 7.15. The SMILES string of the molecule is CC(=O)OC1CCC(OC(C)=O)c2cc(C=CC3=CC4C(OC(C)=O)CCC(OC(C)=O)C4C=C3)ccc21. The molecular weight excluding hydrogens is 488 g/mol. The van der Waals surface area contributed by atoms with Crippen LogP contribution in [0.5, 0.6) is 0 Å². The van der Waals surface area contributed by atoms with Crippen LogP contribution in [-0.2, 0) is 38.1 Å². The molecule has 1 saturated carbocycles. The second-order valence-corrected chi connectivity index (χ2v) is 10.0. The van der Waals surface area contributed by atoms with Crippen molar-refractivity contribution in [3.63, 3.8) is 0 Å². The molecule has 1 aromatic rings. The first-order valence-corrected chi connectivity index (χ1v) is 13.0. The molecule has 38 heavy (non-hydrogen) atoms. The first kappa shape index (κ1) is 27.4. The molecule has 1 aromatic carbocycles. The molecular formula is C30H34O8. The van der Waals surface area contributed by atoms with Crippen LogP contribution in [0.1, 0.15) is 82.3 Å². The van der Waals surface area contributed by atoms with Crippen molar-refractivity contribution in [3.05, 3.63) is 64.8 Å². The van der Waals surface area contributed by atoms with Crippen molar-refractivity contribution in [2.45, 2.75) is 77.8 Å². The molecule has 6 atom stereocenters. The molecule has 0 aliphatic heterocycles. The predicted octanol–water partition coefficient (Wildman–Crippen LogP) is 5.09. The average molecular weight is 523 g/mol. The van der Waals surface area contributed by atoms with E-state index in [1.165, 1.54) is 27.7 Å². The highest BCUT2D eigenvalue weighted by Crippen LogP contribution is 2.42. The van der Waals surface area contributed by atoms with Crippen molar-refractivity contribution in [3.8, 4) is 0 Å². The Morgan fingerprint density at radius 1 is 0.684 bits per heavy atom. The topological polar surface area (TPSA) is 105 Å². The van der Waals surface area contributed by atoms with Gasteiger partial charge < -0.3 is 18.9 Å². The molecule has 202 valence electrons. The average Bonchev–Trinajstić information content (AvgIpc) is 2.84. The van der Waals surface area contributed by atoms with Crippen molar-refractivity contribution in [1.82, 2.24) is 0 Å². The molecule has 8 heteroatoms. The number of carbonyl (C=O) groups is 4. The molecule has 0 amide bonds. The fraction of sp³-hybridized carbons (Fsp3) is 0.467. The van der Waals surface area contributed by atoms with Crippen molar-refractivity contribution in [2.24, 2.45) is 11.8 Å². The Balaban J connectivity index is 1.58. The van der Waals surface area contributed by atoms with E-state index >= 15 is 0 Å². The van der Waals surface area contributed by atoms with Gasteiger partial charge in [-0.15, -0.1) is 0 Å². The van der Waals surface area contributed by atoms with Crippen LogP contribution in [0.2, 0.25) is 0 Å². The lowest BCUT2D eigenvalue weighted by Gasteiger charge is -2.40. The van der Waals surface area contributed by atoms with Gasteiger partial charge >= 0.3 is 23.9 Å². The van der Waals surface area contributed by atoms with Crippen LogP contribution in [-0.4, -0.2) is 36.1 Å². The van der Waals surface area contributed by atoms with Gasteiger partial charge in [-0.05, 0) is 54.0 Å². The minimum Gasteiger partial charge on any atom is -0.462 e. The lowest BCUT2D eigenvalue weighted by Crippen LogP contribution is -2.43. The molecule has 0 N–H and O–H groups in total. The summed E-state index contributed by atoms with van der Waals surface area (Å²) in [5, 5.41) is 0. The molecule has 0 heterocycles. The number of rotatable bonds is 6. The minimum absolute atomic E-state index is 0.0689. The maximum Gasteiger partial charge on any atom is 0.303 e. The Labute approximate surface area is 222 Å². The van der Waals surface area contributed by atoms with Gasteiger partial charge in [-0.3, -0.25) is 19.2 Å². The van der Waals surface area contributed by atoms with Crippen molar-refractivity contribution in [1.29, 1.82) is 0 Å². The molecule has 0 bridgehead atoms. The number of ether oxygens (including phenoxy) is 4. The summed E-state index contributed by atoms with van der Waals surface area (Å²) in [7, 11) is 0. The molecule has 0 spiro atoms. The molecule has 3 aliphatic carbocycles. The van der Waals surface area contributed by atoms with Crippen LogP contribution < -0.4 is 0 Å². The van der Waals surface area contributed by atoms with Gasteiger partial charge in [0.15, 0.2) is 0 Å². The fourth-order valence-electron chi connectivity index (χ4n) is 5.71. The highest BCUT2D eigenvalue weighted by molar-refractivity contribution is 5.68. The smallest absolute Gasteiger partial charge is 0.303 e. The van der Waals surface area contributed by atoms with Gasteiger partial charge in [0, 0.05) is 39.5 Å². The molecule has 0 radical (unpaired) electrons. The number of esters is 4. The van der Waals surface area contributed by atoms with Gasteiger partial charge in [-0.1, -0.05) is 42.5 Å². The number of hydrogen-bond donors (Lipinski definition) is 0. The summed E-state index contributed by atoms with van der Waals surface area (Å²) in [6.45, 7) is 5.58. The molecule has 0 aromatic heterocycles. The van der Waals surface area contributed by atoms with Crippen LogP contribution in [0.25, 0.3) is 6.08 Å². The Morgan fingerprint density at radius 2 is 1.24 bits per heavy atom. The Morgan fingerprint density at radius 3 is 1.82 bits per heavy atom. The van der Waals surface area contributed by atoms with E-state index in [-0.39, 0.29) is 54.0 Å². The number of fused-ring (bicyclic) bond motifs is 2. The first-order chi connectivity index (χ1) is 18.1. The van der Waals surface area contributed by atoms with Gasteiger partial charge in [0.2, 0.25) is 0 Å². The van der Waals surface area contributed by atoms with Gasteiger partial charge in [-0.25, -0.2) is 0 Å².